The number of ether oxygens (including phenoxy) is 1. The zero-order chi connectivity index (χ0) is 13.8. The Kier molecular flexibility index (Phi) is 4.80. The second-order valence-corrected chi connectivity index (χ2v) is 5.19. The molecule has 1 N–H and O–H groups in total. The third-order valence-corrected chi connectivity index (χ3v) is 3.82. The smallest absolute Gasteiger partial charge is 0.306 e. The third-order valence-electron chi connectivity index (χ3n) is 3.48. The molecule has 1 aromatic rings. The van der Waals surface area contributed by atoms with E-state index in [9.17, 15) is 4.79 Å². The van der Waals surface area contributed by atoms with Crippen LogP contribution >= 0.6 is 11.6 Å². The molecule has 0 radical (unpaired) electrons. The fourth-order valence-electron chi connectivity index (χ4n) is 2.42. The van der Waals surface area contributed by atoms with Gasteiger partial charge in [-0.05, 0) is 18.6 Å². The lowest BCUT2D eigenvalue weighted by Gasteiger charge is -2.36. The molecule has 0 saturated carbocycles. The number of carboxylic acid groups (broad SMARTS) is 1. The predicted octanol–water partition coefficient (Wildman–Crippen LogP) is 2.58. The topological polar surface area (TPSA) is 49.8 Å². The Hall–Kier alpha value is -1.10. The Labute approximate surface area is 117 Å². The van der Waals surface area contributed by atoms with Gasteiger partial charge in [-0.15, -0.1) is 0 Å². The average molecular weight is 284 g/mol. The van der Waals surface area contributed by atoms with Gasteiger partial charge in [0.25, 0.3) is 0 Å². The summed E-state index contributed by atoms with van der Waals surface area (Å²) < 4.78 is 5.48. The van der Waals surface area contributed by atoms with Gasteiger partial charge in [0.2, 0.25) is 0 Å². The fraction of sp³-hybridized carbons (Fsp3) is 0.500. The molecule has 2 rings (SSSR count). The quantitative estimate of drug-likeness (QED) is 0.923. The number of hydrogen-bond donors (Lipinski definition) is 1. The van der Waals surface area contributed by atoms with Crippen molar-refractivity contribution in [1.29, 1.82) is 0 Å². The molecule has 1 aliphatic rings. The van der Waals surface area contributed by atoms with E-state index in [-0.39, 0.29) is 18.6 Å². The molecule has 0 spiro atoms. The molecule has 5 heteroatoms. The van der Waals surface area contributed by atoms with Gasteiger partial charge >= 0.3 is 5.97 Å². The van der Waals surface area contributed by atoms with Crippen LogP contribution in [0.25, 0.3) is 0 Å². The summed E-state index contributed by atoms with van der Waals surface area (Å²) in [7, 11) is 0. The summed E-state index contributed by atoms with van der Waals surface area (Å²) in [5.74, 6) is -0.822. The first-order valence-corrected chi connectivity index (χ1v) is 6.77. The van der Waals surface area contributed by atoms with Gasteiger partial charge in [-0.25, -0.2) is 0 Å². The van der Waals surface area contributed by atoms with Crippen molar-refractivity contribution < 1.29 is 14.6 Å². The van der Waals surface area contributed by atoms with Gasteiger partial charge < -0.3 is 9.84 Å². The molecule has 1 fully saturated rings. The van der Waals surface area contributed by atoms with Crippen molar-refractivity contribution in [3.8, 4) is 0 Å². The summed E-state index contributed by atoms with van der Waals surface area (Å²) in [6.07, 6.45) is -0.192. The first kappa shape index (κ1) is 14.3. The summed E-state index contributed by atoms with van der Waals surface area (Å²) >= 11 is 6.21. The second-order valence-electron chi connectivity index (χ2n) is 4.78. The van der Waals surface area contributed by atoms with E-state index in [0.717, 1.165) is 17.1 Å². The largest absolute Gasteiger partial charge is 0.481 e. The van der Waals surface area contributed by atoms with E-state index in [2.05, 4.69) is 11.8 Å². The summed E-state index contributed by atoms with van der Waals surface area (Å²) in [4.78, 5) is 13.0. The molecule has 104 valence electrons. The van der Waals surface area contributed by atoms with Crippen LogP contribution in [-0.2, 0) is 9.53 Å². The van der Waals surface area contributed by atoms with Crippen LogP contribution in [0, 0.1) is 0 Å². The predicted molar refractivity (Wildman–Crippen MR) is 73.4 cm³/mol. The van der Waals surface area contributed by atoms with Crippen LogP contribution in [0.4, 0.5) is 0 Å². The molecule has 1 saturated heterocycles. The highest BCUT2D eigenvalue weighted by atomic mass is 35.5. The van der Waals surface area contributed by atoms with Gasteiger partial charge in [0.15, 0.2) is 0 Å². The summed E-state index contributed by atoms with van der Waals surface area (Å²) in [5.41, 5.74) is 1.07. The molecular weight excluding hydrogens is 266 g/mol. The normalized spacial score (nSPS) is 22.1. The fourth-order valence-corrected chi connectivity index (χ4v) is 2.72. The lowest BCUT2D eigenvalue weighted by molar-refractivity contribution is -0.142. The molecule has 0 bridgehead atoms. The number of carboxylic acids is 1. The number of benzene rings is 1. The summed E-state index contributed by atoms with van der Waals surface area (Å²) in [6, 6.07) is 7.92. The number of aliphatic carboxylic acids is 1. The Balaban J connectivity index is 2.05. The molecule has 1 heterocycles. The molecule has 1 aromatic carbocycles. The van der Waals surface area contributed by atoms with Gasteiger partial charge in [-0.1, -0.05) is 29.8 Å². The van der Waals surface area contributed by atoms with Gasteiger partial charge in [-0.3, -0.25) is 9.69 Å². The standard InChI is InChI=1S/C14H18ClNO3/c1-10(12-4-2-3-5-13(12)15)16-6-7-19-11(9-16)8-14(17)18/h2-5,10-11H,6-9H2,1H3,(H,17,18). The van der Waals surface area contributed by atoms with E-state index >= 15 is 0 Å². The van der Waals surface area contributed by atoms with Crippen molar-refractivity contribution in [3.05, 3.63) is 34.9 Å². The zero-order valence-corrected chi connectivity index (χ0v) is 11.6. The summed E-state index contributed by atoms with van der Waals surface area (Å²) in [5, 5.41) is 9.58. The number of rotatable bonds is 4. The molecule has 0 aromatic heterocycles. The van der Waals surface area contributed by atoms with Crippen molar-refractivity contribution in [2.24, 2.45) is 0 Å². The molecule has 0 amide bonds. The average Bonchev–Trinajstić information content (AvgIpc) is 2.38. The number of carbonyl (C=O) groups is 1. The van der Waals surface area contributed by atoms with Crippen LogP contribution in [0.1, 0.15) is 24.9 Å². The van der Waals surface area contributed by atoms with E-state index in [1.165, 1.54) is 0 Å². The van der Waals surface area contributed by atoms with Crippen molar-refractivity contribution >= 4 is 17.6 Å². The highest BCUT2D eigenvalue weighted by Gasteiger charge is 2.27. The minimum Gasteiger partial charge on any atom is -0.481 e. The van der Waals surface area contributed by atoms with Gasteiger partial charge in [0.05, 0.1) is 19.1 Å². The maximum absolute atomic E-state index is 10.7. The van der Waals surface area contributed by atoms with Crippen LogP contribution in [0.2, 0.25) is 5.02 Å². The van der Waals surface area contributed by atoms with Gasteiger partial charge in [0.1, 0.15) is 0 Å². The van der Waals surface area contributed by atoms with E-state index in [0.29, 0.717) is 13.2 Å². The van der Waals surface area contributed by atoms with Crippen molar-refractivity contribution in [2.45, 2.75) is 25.5 Å². The number of halogens is 1. The van der Waals surface area contributed by atoms with Crippen LogP contribution in [-0.4, -0.2) is 41.8 Å². The van der Waals surface area contributed by atoms with Crippen molar-refractivity contribution in [3.63, 3.8) is 0 Å². The monoisotopic (exact) mass is 283 g/mol. The Bertz CT molecular complexity index is 452. The van der Waals surface area contributed by atoms with E-state index < -0.39 is 5.97 Å². The van der Waals surface area contributed by atoms with Crippen LogP contribution in [0.3, 0.4) is 0 Å². The summed E-state index contributed by atoms with van der Waals surface area (Å²) in [6.45, 7) is 4.07. The van der Waals surface area contributed by atoms with Gasteiger partial charge in [-0.2, -0.15) is 0 Å². The van der Waals surface area contributed by atoms with E-state index in [1.807, 2.05) is 24.3 Å². The van der Waals surface area contributed by atoms with Crippen LogP contribution < -0.4 is 0 Å². The van der Waals surface area contributed by atoms with E-state index in [1.54, 1.807) is 0 Å². The highest BCUT2D eigenvalue weighted by Crippen LogP contribution is 2.28. The Morgan fingerprint density at radius 3 is 3.00 bits per heavy atom. The van der Waals surface area contributed by atoms with Crippen molar-refractivity contribution in [1.82, 2.24) is 4.90 Å². The minimum atomic E-state index is -0.822. The second kappa shape index (κ2) is 6.37. The highest BCUT2D eigenvalue weighted by molar-refractivity contribution is 6.31. The number of hydrogen-bond acceptors (Lipinski definition) is 3. The lowest BCUT2D eigenvalue weighted by Crippen LogP contribution is -2.44. The number of morpholine rings is 1. The minimum absolute atomic E-state index is 0.0474. The van der Waals surface area contributed by atoms with Gasteiger partial charge in [0, 0.05) is 24.2 Å². The maximum Gasteiger partial charge on any atom is 0.306 e. The first-order valence-electron chi connectivity index (χ1n) is 6.40. The molecule has 0 aliphatic carbocycles. The molecule has 4 nitrogen and oxygen atoms in total. The molecule has 2 unspecified atom stereocenters. The SMILES string of the molecule is CC(c1ccccc1Cl)N1CCOC(CC(=O)O)C1. The van der Waals surface area contributed by atoms with Crippen molar-refractivity contribution in [2.75, 3.05) is 19.7 Å². The molecule has 1 aliphatic heterocycles. The lowest BCUT2D eigenvalue weighted by atomic mass is 10.1. The number of nitrogens with zero attached hydrogens (tertiary/aromatic N) is 1. The first-order chi connectivity index (χ1) is 9.08. The molecular formula is C14H18ClNO3. The third kappa shape index (κ3) is 3.69. The molecule has 19 heavy (non-hydrogen) atoms. The molecule has 2 atom stereocenters. The van der Waals surface area contributed by atoms with E-state index in [4.69, 9.17) is 21.4 Å². The zero-order valence-electron chi connectivity index (χ0n) is 10.9. The van der Waals surface area contributed by atoms with Crippen LogP contribution in [0.15, 0.2) is 24.3 Å². The van der Waals surface area contributed by atoms with Crippen LogP contribution in [0.5, 0.6) is 0 Å². The maximum atomic E-state index is 10.7. The Morgan fingerprint density at radius 1 is 1.58 bits per heavy atom. The Morgan fingerprint density at radius 2 is 2.32 bits per heavy atom.